The van der Waals surface area contributed by atoms with Crippen LogP contribution >= 0.6 is 11.6 Å². The number of halogens is 1. The number of aromatic nitrogens is 2. The van der Waals surface area contributed by atoms with Crippen LogP contribution in [0.1, 0.15) is 42.1 Å². The van der Waals surface area contributed by atoms with Gasteiger partial charge >= 0.3 is 0 Å². The van der Waals surface area contributed by atoms with Crippen LogP contribution in [-0.2, 0) is 4.74 Å². The van der Waals surface area contributed by atoms with Gasteiger partial charge in [-0.3, -0.25) is 0 Å². The molecule has 0 aliphatic carbocycles. The van der Waals surface area contributed by atoms with E-state index in [9.17, 15) is 0 Å². The first-order chi connectivity index (χ1) is 11.1. The van der Waals surface area contributed by atoms with E-state index in [-0.39, 0.29) is 12.2 Å². The number of hydrogen-bond acceptors (Lipinski definition) is 4. The number of ether oxygens (including phenoxy) is 1. The van der Waals surface area contributed by atoms with Gasteiger partial charge in [0.25, 0.3) is 0 Å². The van der Waals surface area contributed by atoms with Crippen molar-refractivity contribution >= 4 is 17.3 Å². The second kappa shape index (κ2) is 7.28. The number of hydrogen-bond donors (Lipinski definition) is 1. The first kappa shape index (κ1) is 16.2. The first-order valence-corrected chi connectivity index (χ1v) is 8.45. The third-order valence-electron chi connectivity index (χ3n) is 4.36. The Morgan fingerprint density at radius 1 is 1.22 bits per heavy atom. The zero-order chi connectivity index (χ0) is 16.2. The fourth-order valence-electron chi connectivity index (χ4n) is 2.90. The first-order valence-electron chi connectivity index (χ1n) is 8.07. The number of aryl methyl sites for hydroxylation is 1. The number of nitrogens with one attached hydrogen (secondary N) is 1. The molecule has 1 aromatic heterocycles. The van der Waals surface area contributed by atoms with Gasteiger partial charge in [-0.15, -0.1) is 5.10 Å². The van der Waals surface area contributed by atoms with E-state index in [0.29, 0.717) is 5.15 Å². The monoisotopic (exact) mass is 331 g/mol. The third kappa shape index (κ3) is 4.01. The normalized spacial score (nSPS) is 21.2. The summed E-state index contributed by atoms with van der Waals surface area (Å²) < 4.78 is 6.27. The molecule has 2 atom stereocenters. The Bertz CT molecular complexity index is 660. The molecule has 2 heterocycles. The van der Waals surface area contributed by atoms with Crippen molar-refractivity contribution in [1.82, 2.24) is 10.2 Å². The minimum absolute atomic E-state index is 0.191. The topological polar surface area (TPSA) is 47.0 Å². The van der Waals surface area contributed by atoms with Gasteiger partial charge in [0.15, 0.2) is 5.15 Å². The molecule has 2 aromatic rings. The average Bonchev–Trinajstić information content (AvgIpc) is 2.57. The van der Waals surface area contributed by atoms with Gasteiger partial charge in [0.1, 0.15) is 0 Å². The standard InChI is InChI=1S/C18H22ClN3O/c1-12-6-8-14(9-7-12)17-5-3-4-15(23-17)10-20-16-11-21-22-18(19)13(16)2/h6-9,11,15,17H,3-5,10H2,1-2H3,(H,20,22). The molecule has 122 valence electrons. The third-order valence-corrected chi connectivity index (χ3v) is 4.72. The van der Waals surface area contributed by atoms with Crippen LogP contribution in [0, 0.1) is 13.8 Å². The molecule has 1 N–H and O–H groups in total. The average molecular weight is 332 g/mol. The van der Waals surface area contributed by atoms with Gasteiger partial charge in [0.05, 0.1) is 24.1 Å². The fourth-order valence-corrected chi connectivity index (χ4v) is 3.04. The van der Waals surface area contributed by atoms with Gasteiger partial charge in [0.2, 0.25) is 0 Å². The lowest BCUT2D eigenvalue weighted by molar-refractivity contribution is -0.0442. The van der Waals surface area contributed by atoms with E-state index in [1.165, 1.54) is 17.5 Å². The van der Waals surface area contributed by atoms with Gasteiger partial charge < -0.3 is 10.1 Å². The zero-order valence-electron chi connectivity index (χ0n) is 13.6. The second-order valence-corrected chi connectivity index (χ2v) is 6.50. The van der Waals surface area contributed by atoms with Gasteiger partial charge in [-0.1, -0.05) is 41.4 Å². The quantitative estimate of drug-likeness (QED) is 0.898. The number of nitrogens with zero attached hydrogens (tertiary/aromatic N) is 2. The van der Waals surface area contributed by atoms with Crippen LogP contribution in [0.2, 0.25) is 5.15 Å². The highest BCUT2D eigenvalue weighted by atomic mass is 35.5. The molecule has 1 aliphatic rings. The van der Waals surface area contributed by atoms with Gasteiger partial charge in [-0.25, -0.2) is 0 Å². The highest BCUT2D eigenvalue weighted by Gasteiger charge is 2.23. The molecular formula is C18H22ClN3O. The largest absolute Gasteiger partial charge is 0.381 e. The van der Waals surface area contributed by atoms with E-state index in [1.807, 2.05) is 6.92 Å². The summed E-state index contributed by atoms with van der Waals surface area (Å²) in [6.07, 6.45) is 5.43. The number of benzene rings is 1. The van der Waals surface area contributed by atoms with E-state index < -0.39 is 0 Å². The van der Waals surface area contributed by atoms with Crippen molar-refractivity contribution in [1.29, 1.82) is 0 Å². The predicted molar refractivity (Wildman–Crippen MR) is 92.9 cm³/mol. The number of rotatable bonds is 4. The Hall–Kier alpha value is -1.65. The van der Waals surface area contributed by atoms with Crippen LogP contribution in [0.3, 0.4) is 0 Å². The van der Waals surface area contributed by atoms with Crippen LogP contribution in [-0.4, -0.2) is 22.8 Å². The van der Waals surface area contributed by atoms with Crippen LogP contribution in [0.4, 0.5) is 5.69 Å². The summed E-state index contributed by atoms with van der Waals surface area (Å²) in [6.45, 7) is 4.80. The predicted octanol–water partition coefficient (Wildman–Crippen LogP) is 4.47. The Kier molecular flexibility index (Phi) is 5.13. The summed E-state index contributed by atoms with van der Waals surface area (Å²) in [7, 11) is 0. The molecule has 1 aromatic carbocycles. The molecule has 0 radical (unpaired) electrons. The van der Waals surface area contributed by atoms with Crippen LogP contribution in [0.5, 0.6) is 0 Å². The molecule has 4 nitrogen and oxygen atoms in total. The minimum Gasteiger partial charge on any atom is -0.381 e. The summed E-state index contributed by atoms with van der Waals surface area (Å²) in [5.41, 5.74) is 4.39. The molecule has 0 saturated carbocycles. The SMILES string of the molecule is Cc1ccc(C2CCCC(CNc3cnnc(Cl)c3C)O2)cc1. The molecule has 0 spiro atoms. The van der Waals surface area contributed by atoms with E-state index in [2.05, 4.69) is 46.7 Å². The van der Waals surface area contributed by atoms with Crippen LogP contribution < -0.4 is 5.32 Å². The summed E-state index contributed by atoms with van der Waals surface area (Å²) in [6, 6.07) is 8.64. The lowest BCUT2D eigenvalue weighted by Gasteiger charge is -2.31. The lowest BCUT2D eigenvalue weighted by Crippen LogP contribution is -2.29. The fraction of sp³-hybridized carbons (Fsp3) is 0.444. The molecule has 5 heteroatoms. The lowest BCUT2D eigenvalue weighted by atomic mass is 9.97. The zero-order valence-corrected chi connectivity index (χ0v) is 14.3. The van der Waals surface area contributed by atoms with Crippen LogP contribution in [0.15, 0.2) is 30.5 Å². The Morgan fingerprint density at radius 2 is 2.00 bits per heavy atom. The molecule has 2 unspecified atom stereocenters. The second-order valence-electron chi connectivity index (χ2n) is 6.14. The van der Waals surface area contributed by atoms with Crippen molar-refractivity contribution < 1.29 is 4.74 Å². The van der Waals surface area contributed by atoms with Gasteiger partial charge in [-0.2, -0.15) is 5.10 Å². The van der Waals surface area contributed by atoms with Crippen molar-refractivity contribution in [3.05, 3.63) is 52.3 Å². The minimum atomic E-state index is 0.191. The molecule has 0 bridgehead atoms. The van der Waals surface area contributed by atoms with Gasteiger partial charge in [0, 0.05) is 12.1 Å². The maximum absolute atomic E-state index is 6.27. The summed E-state index contributed by atoms with van der Waals surface area (Å²) in [5, 5.41) is 11.6. The van der Waals surface area contributed by atoms with E-state index in [1.54, 1.807) is 6.20 Å². The summed E-state index contributed by atoms with van der Waals surface area (Å²) in [5.74, 6) is 0. The Balaban J connectivity index is 1.60. The Labute approximate surface area is 142 Å². The molecular weight excluding hydrogens is 310 g/mol. The summed E-state index contributed by atoms with van der Waals surface area (Å²) in [4.78, 5) is 0. The van der Waals surface area contributed by atoms with Crippen LogP contribution in [0.25, 0.3) is 0 Å². The molecule has 1 fully saturated rings. The Morgan fingerprint density at radius 3 is 2.78 bits per heavy atom. The van der Waals surface area contributed by atoms with Gasteiger partial charge in [-0.05, 0) is 38.7 Å². The summed E-state index contributed by atoms with van der Waals surface area (Å²) >= 11 is 6.01. The molecule has 3 rings (SSSR count). The van der Waals surface area contributed by atoms with E-state index >= 15 is 0 Å². The molecule has 1 saturated heterocycles. The highest BCUT2D eigenvalue weighted by Crippen LogP contribution is 2.31. The number of anilines is 1. The maximum Gasteiger partial charge on any atom is 0.156 e. The van der Waals surface area contributed by atoms with E-state index in [0.717, 1.165) is 30.6 Å². The smallest absolute Gasteiger partial charge is 0.156 e. The van der Waals surface area contributed by atoms with Crippen molar-refractivity contribution in [2.75, 3.05) is 11.9 Å². The van der Waals surface area contributed by atoms with E-state index in [4.69, 9.17) is 16.3 Å². The van der Waals surface area contributed by atoms with Crippen molar-refractivity contribution in [2.45, 2.75) is 45.3 Å². The van der Waals surface area contributed by atoms with Crippen molar-refractivity contribution in [3.63, 3.8) is 0 Å². The maximum atomic E-state index is 6.27. The molecule has 23 heavy (non-hydrogen) atoms. The van der Waals surface area contributed by atoms with Crippen molar-refractivity contribution in [2.24, 2.45) is 0 Å². The highest BCUT2D eigenvalue weighted by molar-refractivity contribution is 6.30. The van der Waals surface area contributed by atoms with Crippen molar-refractivity contribution in [3.8, 4) is 0 Å². The molecule has 1 aliphatic heterocycles. The molecule has 0 amide bonds.